The van der Waals surface area contributed by atoms with Gasteiger partial charge in [-0.05, 0) is 19.3 Å². The monoisotopic (exact) mass is 445 g/mol. The highest BCUT2D eigenvalue weighted by Crippen LogP contribution is 2.38. The van der Waals surface area contributed by atoms with E-state index in [1.54, 1.807) is 4.57 Å². The van der Waals surface area contributed by atoms with Crippen molar-refractivity contribution < 1.29 is 18.7 Å². The van der Waals surface area contributed by atoms with Crippen molar-refractivity contribution in [3.8, 4) is 12.3 Å². The van der Waals surface area contributed by atoms with Gasteiger partial charge in [0.15, 0.2) is 22.6 Å². The molecule has 1 fully saturated rings. The zero-order chi connectivity index (χ0) is 23.0. The van der Waals surface area contributed by atoms with E-state index in [2.05, 4.69) is 27.8 Å². The van der Waals surface area contributed by atoms with E-state index in [1.165, 1.54) is 38.4 Å². The predicted molar refractivity (Wildman–Crippen MR) is 119 cm³/mol. The number of rotatable bonds is 12. The number of nitrogens with zero attached hydrogens (tertiary/aromatic N) is 4. The Balaban J connectivity index is 1.46. The number of imidazole rings is 1. The first-order valence-electron chi connectivity index (χ1n) is 11.4. The number of anilines is 1. The van der Waals surface area contributed by atoms with E-state index in [0.29, 0.717) is 24.8 Å². The first-order valence-corrected chi connectivity index (χ1v) is 11.4. The number of carbonyl (C=O) groups excluding carboxylic acids is 1. The fraction of sp³-hybridized carbons (Fsp3) is 0.652. The van der Waals surface area contributed by atoms with E-state index in [9.17, 15) is 9.18 Å². The van der Waals surface area contributed by atoms with Gasteiger partial charge in [0, 0.05) is 6.42 Å². The van der Waals surface area contributed by atoms with Crippen LogP contribution in [0.4, 0.5) is 10.2 Å². The molecule has 2 aromatic heterocycles. The largest absolute Gasteiger partial charge is 0.462 e. The summed E-state index contributed by atoms with van der Waals surface area (Å²) in [5.74, 6) is 2.32. The average molecular weight is 446 g/mol. The Bertz CT molecular complexity index is 957. The van der Waals surface area contributed by atoms with Gasteiger partial charge in [0.05, 0.1) is 6.33 Å². The van der Waals surface area contributed by atoms with Crippen LogP contribution in [0.3, 0.4) is 0 Å². The second-order valence-electron chi connectivity index (χ2n) is 8.34. The molecule has 9 heteroatoms. The zero-order valence-corrected chi connectivity index (χ0v) is 18.7. The number of esters is 1. The summed E-state index contributed by atoms with van der Waals surface area (Å²) in [5, 5.41) is 0. The third-order valence-corrected chi connectivity index (χ3v) is 5.85. The third kappa shape index (κ3) is 5.94. The molecular weight excluding hydrogens is 413 g/mol. The number of nitrogens with two attached hydrogens (primary N) is 1. The highest BCUT2D eigenvalue weighted by atomic mass is 19.1. The lowest BCUT2D eigenvalue weighted by atomic mass is 10.0. The summed E-state index contributed by atoms with van der Waals surface area (Å²) >= 11 is 0. The maximum absolute atomic E-state index is 13.6. The summed E-state index contributed by atoms with van der Waals surface area (Å²) in [6.07, 6.45) is 16.4. The minimum Gasteiger partial charge on any atom is -0.462 e. The molecule has 0 spiro atoms. The van der Waals surface area contributed by atoms with Gasteiger partial charge in [-0.15, -0.1) is 6.42 Å². The minimum absolute atomic E-state index is 0.0199. The van der Waals surface area contributed by atoms with E-state index in [-0.39, 0.29) is 24.0 Å². The van der Waals surface area contributed by atoms with Crippen molar-refractivity contribution in [2.45, 2.75) is 89.4 Å². The highest BCUT2D eigenvalue weighted by Gasteiger charge is 2.41. The molecule has 2 N–H and O–H groups in total. The Kier molecular flexibility index (Phi) is 8.39. The van der Waals surface area contributed by atoms with Crippen LogP contribution in [0.5, 0.6) is 0 Å². The molecule has 2 atom stereocenters. The molecular formula is C23H32FN5O3. The predicted octanol–water partition coefficient (Wildman–Crippen LogP) is 4.30. The third-order valence-electron chi connectivity index (χ3n) is 5.85. The number of aromatic nitrogens is 4. The number of terminal acetylenes is 1. The fourth-order valence-electron chi connectivity index (χ4n) is 3.98. The molecule has 1 aliphatic heterocycles. The summed E-state index contributed by atoms with van der Waals surface area (Å²) < 4.78 is 26.7. The van der Waals surface area contributed by atoms with Crippen LogP contribution in [0.2, 0.25) is 0 Å². The first kappa shape index (κ1) is 23.9. The molecule has 3 heterocycles. The lowest BCUT2D eigenvalue weighted by molar-refractivity contribution is -0.152. The maximum atomic E-state index is 13.6. The van der Waals surface area contributed by atoms with Crippen molar-refractivity contribution in [2.75, 3.05) is 12.3 Å². The van der Waals surface area contributed by atoms with Gasteiger partial charge in [0.25, 0.3) is 0 Å². The molecule has 0 amide bonds. The van der Waals surface area contributed by atoms with Crippen molar-refractivity contribution >= 4 is 23.0 Å². The quantitative estimate of drug-likeness (QED) is 0.225. The molecule has 1 saturated heterocycles. The molecule has 1 aliphatic rings. The van der Waals surface area contributed by atoms with Crippen LogP contribution in [0.15, 0.2) is 6.33 Å². The number of nitrogen functional groups attached to an aromatic ring is 1. The van der Waals surface area contributed by atoms with Crippen molar-refractivity contribution in [3.05, 3.63) is 12.4 Å². The van der Waals surface area contributed by atoms with Gasteiger partial charge in [-0.3, -0.25) is 9.36 Å². The molecule has 0 aromatic carbocycles. The normalized spacial score (nSPS) is 20.5. The van der Waals surface area contributed by atoms with Crippen LogP contribution in [-0.4, -0.2) is 37.7 Å². The van der Waals surface area contributed by atoms with Crippen molar-refractivity contribution in [1.82, 2.24) is 19.5 Å². The Morgan fingerprint density at radius 3 is 2.75 bits per heavy atom. The maximum Gasteiger partial charge on any atom is 0.312 e. The van der Waals surface area contributed by atoms with Crippen LogP contribution in [0, 0.1) is 18.4 Å². The van der Waals surface area contributed by atoms with Gasteiger partial charge >= 0.3 is 12.0 Å². The van der Waals surface area contributed by atoms with Crippen LogP contribution < -0.4 is 5.73 Å². The van der Waals surface area contributed by atoms with Gasteiger partial charge in [0.1, 0.15) is 12.8 Å². The summed E-state index contributed by atoms with van der Waals surface area (Å²) in [4.78, 5) is 23.6. The Morgan fingerprint density at radius 2 is 2.03 bits per heavy atom. The molecule has 0 saturated carbocycles. The number of fused-ring (bicyclic) bond motifs is 1. The van der Waals surface area contributed by atoms with E-state index < -0.39 is 17.9 Å². The Hall–Kier alpha value is -2.73. The Morgan fingerprint density at radius 1 is 1.31 bits per heavy atom. The lowest BCUT2D eigenvalue weighted by Gasteiger charge is -2.23. The average Bonchev–Trinajstić information content (AvgIpc) is 3.39. The Labute approximate surface area is 188 Å². The van der Waals surface area contributed by atoms with Crippen molar-refractivity contribution in [2.24, 2.45) is 0 Å². The van der Waals surface area contributed by atoms with Crippen molar-refractivity contribution in [1.29, 1.82) is 0 Å². The second-order valence-corrected chi connectivity index (χ2v) is 8.34. The summed E-state index contributed by atoms with van der Waals surface area (Å²) in [6, 6.07) is 0. The minimum atomic E-state index is -1.03. The number of hydrogen-bond acceptors (Lipinski definition) is 7. The topological polar surface area (TPSA) is 105 Å². The number of halogens is 1. The fourth-order valence-corrected chi connectivity index (χ4v) is 3.98. The number of unbranched alkanes of at least 4 members (excludes halogenated alkanes) is 7. The molecule has 174 valence electrons. The lowest BCUT2D eigenvalue weighted by Crippen LogP contribution is -2.34. The van der Waals surface area contributed by atoms with Gasteiger partial charge < -0.3 is 15.2 Å². The molecule has 0 aliphatic carbocycles. The molecule has 8 nitrogen and oxygen atoms in total. The van der Waals surface area contributed by atoms with Gasteiger partial charge in [0.2, 0.25) is 0 Å². The van der Waals surface area contributed by atoms with Crippen LogP contribution in [0.25, 0.3) is 11.2 Å². The van der Waals surface area contributed by atoms with E-state index in [4.69, 9.17) is 21.6 Å². The summed E-state index contributed by atoms with van der Waals surface area (Å²) in [5.41, 5.74) is 5.22. The van der Waals surface area contributed by atoms with Gasteiger partial charge in [-0.2, -0.15) is 14.4 Å². The number of ether oxygens (including phenoxy) is 2. The number of carbonyl (C=O) groups is 1. The molecule has 0 bridgehead atoms. The standard InChI is InChI=1S/C23H32FN5O3/c1-3-5-6-7-8-9-10-11-12-18(30)31-15-23(4-2)14-13-17(32-23)29-16-26-19-20(25)27-22(24)28-21(19)29/h2,16-17H,3,5-15H2,1H3,(H2,25,27,28)/t17-,23+/m1/s1. The SMILES string of the molecule is C#C[C@@]1(COC(=O)CCCCCCCCCC)CC[C@H](n2cnc3c(N)nc(F)nc32)O1. The molecule has 3 rings (SSSR count). The van der Waals surface area contributed by atoms with Crippen LogP contribution >= 0.6 is 0 Å². The summed E-state index contributed by atoms with van der Waals surface area (Å²) in [7, 11) is 0. The first-order chi connectivity index (χ1) is 15.5. The van der Waals surface area contributed by atoms with E-state index in [1.807, 2.05) is 0 Å². The zero-order valence-electron chi connectivity index (χ0n) is 18.7. The summed E-state index contributed by atoms with van der Waals surface area (Å²) in [6.45, 7) is 2.19. The van der Waals surface area contributed by atoms with Crippen LogP contribution in [0.1, 0.15) is 83.8 Å². The molecule has 2 aromatic rings. The smallest absolute Gasteiger partial charge is 0.312 e. The van der Waals surface area contributed by atoms with Crippen LogP contribution in [-0.2, 0) is 14.3 Å². The molecule has 0 unspecified atom stereocenters. The number of hydrogen-bond donors (Lipinski definition) is 1. The van der Waals surface area contributed by atoms with Gasteiger partial charge in [-0.1, -0.05) is 57.8 Å². The molecule has 32 heavy (non-hydrogen) atoms. The van der Waals surface area contributed by atoms with E-state index >= 15 is 0 Å². The highest BCUT2D eigenvalue weighted by molar-refractivity contribution is 5.81. The molecule has 0 radical (unpaired) electrons. The van der Waals surface area contributed by atoms with E-state index in [0.717, 1.165) is 19.3 Å². The van der Waals surface area contributed by atoms with Gasteiger partial charge in [-0.25, -0.2) is 4.98 Å². The van der Waals surface area contributed by atoms with Crippen molar-refractivity contribution in [3.63, 3.8) is 0 Å². The second kappa shape index (κ2) is 11.2.